The Hall–Kier alpha value is -2.21. The first-order valence-electron chi connectivity index (χ1n) is 8.45. The lowest BCUT2D eigenvalue weighted by Crippen LogP contribution is -2.24. The van der Waals surface area contributed by atoms with Crippen molar-refractivity contribution in [3.05, 3.63) is 50.9 Å². The normalized spacial score (nSPS) is 13.9. The van der Waals surface area contributed by atoms with E-state index >= 15 is 0 Å². The van der Waals surface area contributed by atoms with Crippen LogP contribution >= 0.6 is 11.3 Å². The first kappa shape index (κ1) is 15.3. The second-order valence-corrected chi connectivity index (χ2v) is 7.17. The third kappa shape index (κ3) is 2.60. The van der Waals surface area contributed by atoms with E-state index in [0.717, 1.165) is 28.6 Å². The zero-order chi connectivity index (χ0) is 16.5. The Morgan fingerprint density at radius 2 is 2.04 bits per heavy atom. The number of anilines is 1. The third-order valence-electron chi connectivity index (χ3n) is 4.59. The summed E-state index contributed by atoms with van der Waals surface area (Å²) in [5.41, 5.74) is 2.47. The maximum Gasteiger partial charge on any atom is 0.263 e. The average molecular weight is 340 g/mol. The van der Waals surface area contributed by atoms with Crippen LogP contribution in [0.5, 0.6) is 0 Å². The molecule has 1 aliphatic rings. The largest absolute Gasteiger partial charge is 0.351 e. The number of nitrogens with zero attached hydrogens (tertiary/aromatic N) is 3. The van der Waals surface area contributed by atoms with Crippen LogP contribution in [-0.2, 0) is 25.9 Å². The lowest BCUT2D eigenvalue weighted by Gasteiger charge is -2.13. The second-order valence-electron chi connectivity index (χ2n) is 6.08. The van der Waals surface area contributed by atoms with Gasteiger partial charge in [0.15, 0.2) is 0 Å². The maximum absolute atomic E-state index is 13.0. The van der Waals surface area contributed by atoms with Gasteiger partial charge in [-0.15, -0.1) is 11.3 Å². The minimum atomic E-state index is 0.0964. The SMILES string of the molecule is CCn1c(NCc2ccncc2)nc2sc3c(c2c1=O)CCCC3. The van der Waals surface area contributed by atoms with Crippen molar-refractivity contribution < 1.29 is 0 Å². The number of rotatable bonds is 4. The van der Waals surface area contributed by atoms with E-state index in [9.17, 15) is 4.79 Å². The molecule has 0 bridgehead atoms. The molecule has 0 aliphatic heterocycles. The van der Waals surface area contributed by atoms with Gasteiger partial charge in [0.05, 0.1) is 5.39 Å². The van der Waals surface area contributed by atoms with E-state index in [1.807, 2.05) is 19.1 Å². The molecule has 0 atom stereocenters. The lowest BCUT2D eigenvalue weighted by atomic mass is 9.97. The van der Waals surface area contributed by atoms with Crippen LogP contribution in [0.4, 0.5) is 5.95 Å². The Balaban J connectivity index is 1.76. The molecule has 0 amide bonds. The molecule has 0 saturated heterocycles. The molecule has 6 heteroatoms. The van der Waals surface area contributed by atoms with Gasteiger partial charge >= 0.3 is 0 Å². The van der Waals surface area contributed by atoms with Crippen molar-refractivity contribution in [2.75, 3.05) is 5.32 Å². The van der Waals surface area contributed by atoms with E-state index in [1.54, 1.807) is 28.3 Å². The maximum atomic E-state index is 13.0. The number of pyridine rings is 1. The number of hydrogen-bond acceptors (Lipinski definition) is 5. The van der Waals surface area contributed by atoms with Crippen molar-refractivity contribution >= 4 is 27.5 Å². The van der Waals surface area contributed by atoms with Gasteiger partial charge in [-0.05, 0) is 55.9 Å². The molecule has 4 rings (SSSR count). The van der Waals surface area contributed by atoms with Gasteiger partial charge in [0.25, 0.3) is 5.56 Å². The first-order chi connectivity index (χ1) is 11.8. The Bertz CT molecular complexity index is 930. The van der Waals surface area contributed by atoms with E-state index in [0.29, 0.717) is 19.0 Å². The zero-order valence-corrected chi connectivity index (χ0v) is 14.5. The van der Waals surface area contributed by atoms with Crippen molar-refractivity contribution in [1.29, 1.82) is 0 Å². The van der Waals surface area contributed by atoms with E-state index in [2.05, 4.69) is 10.3 Å². The first-order valence-corrected chi connectivity index (χ1v) is 9.27. The highest BCUT2D eigenvalue weighted by Crippen LogP contribution is 2.34. The number of nitrogens with one attached hydrogen (secondary N) is 1. The van der Waals surface area contributed by atoms with Gasteiger partial charge in [-0.3, -0.25) is 14.3 Å². The number of hydrogen-bond donors (Lipinski definition) is 1. The highest BCUT2D eigenvalue weighted by Gasteiger charge is 2.21. The molecular formula is C18H20N4OS. The van der Waals surface area contributed by atoms with Crippen LogP contribution in [-0.4, -0.2) is 14.5 Å². The van der Waals surface area contributed by atoms with Gasteiger partial charge in [0, 0.05) is 30.4 Å². The fourth-order valence-electron chi connectivity index (χ4n) is 3.35. The summed E-state index contributed by atoms with van der Waals surface area (Å²) >= 11 is 1.69. The molecular weight excluding hydrogens is 320 g/mol. The fourth-order valence-corrected chi connectivity index (χ4v) is 4.60. The topological polar surface area (TPSA) is 59.8 Å². The van der Waals surface area contributed by atoms with Gasteiger partial charge in [-0.2, -0.15) is 0 Å². The summed E-state index contributed by atoms with van der Waals surface area (Å²) < 4.78 is 1.76. The quantitative estimate of drug-likeness (QED) is 0.791. The van der Waals surface area contributed by atoms with Gasteiger partial charge in [0.2, 0.25) is 5.95 Å². The van der Waals surface area contributed by atoms with E-state index in [1.165, 1.54) is 23.3 Å². The van der Waals surface area contributed by atoms with Crippen LogP contribution in [0.15, 0.2) is 29.3 Å². The van der Waals surface area contributed by atoms with Crippen LogP contribution in [0.25, 0.3) is 10.2 Å². The van der Waals surface area contributed by atoms with E-state index < -0.39 is 0 Å². The van der Waals surface area contributed by atoms with Gasteiger partial charge in [0.1, 0.15) is 4.83 Å². The number of thiophene rings is 1. The molecule has 1 N–H and O–H groups in total. The third-order valence-corrected chi connectivity index (χ3v) is 5.78. The van der Waals surface area contributed by atoms with E-state index in [4.69, 9.17) is 4.98 Å². The monoisotopic (exact) mass is 340 g/mol. The van der Waals surface area contributed by atoms with Crippen LogP contribution in [0.1, 0.15) is 35.8 Å². The van der Waals surface area contributed by atoms with Gasteiger partial charge in [-0.1, -0.05) is 0 Å². The molecule has 3 aromatic heterocycles. The van der Waals surface area contributed by atoms with Crippen LogP contribution in [0.2, 0.25) is 0 Å². The van der Waals surface area contributed by atoms with Crippen LogP contribution < -0.4 is 10.9 Å². The predicted molar refractivity (Wildman–Crippen MR) is 97.8 cm³/mol. The molecule has 124 valence electrons. The predicted octanol–water partition coefficient (Wildman–Crippen LogP) is 3.36. The highest BCUT2D eigenvalue weighted by molar-refractivity contribution is 7.18. The molecule has 3 aromatic rings. The molecule has 0 aromatic carbocycles. The molecule has 3 heterocycles. The molecule has 0 saturated carbocycles. The Morgan fingerprint density at radius 3 is 2.83 bits per heavy atom. The minimum absolute atomic E-state index is 0.0964. The smallest absolute Gasteiger partial charge is 0.263 e. The summed E-state index contributed by atoms with van der Waals surface area (Å²) in [6.45, 7) is 3.24. The standard InChI is InChI=1S/C18H20N4OS/c1-2-22-17(23)15-13-5-3-4-6-14(13)24-16(15)21-18(22)20-11-12-7-9-19-10-8-12/h7-10H,2-6,11H2,1H3,(H,20,21). The fraction of sp³-hybridized carbons (Fsp3) is 0.389. The minimum Gasteiger partial charge on any atom is -0.351 e. The van der Waals surface area contributed by atoms with Crippen molar-refractivity contribution in [2.24, 2.45) is 0 Å². The Morgan fingerprint density at radius 1 is 1.25 bits per heavy atom. The van der Waals surface area contributed by atoms with Crippen molar-refractivity contribution in [3.8, 4) is 0 Å². The summed E-state index contributed by atoms with van der Waals surface area (Å²) in [5, 5.41) is 4.18. The molecule has 0 unspecified atom stereocenters. The van der Waals surface area contributed by atoms with Gasteiger partial charge in [-0.25, -0.2) is 4.98 Å². The Labute approximate surface area is 144 Å². The molecule has 24 heavy (non-hydrogen) atoms. The molecule has 0 fully saturated rings. The van der Waals surface area contributed by atoms with Crippen molar-refractivity contribution in [1.82, 2.24) is 14.5 Å². The summed E-state index contributed by atoms with van der Waals surface area (Å²) in [7, 11) is 0. The summed E-state index contributed by atoms with van der Waals surface area (Å²) in [6.07, 6.45) is 8.03. The Kier molecular flexibility index (Phi) is 4.06. The highest BCUT2D eigenvalue weighted by atomic mass is 32.1. The molecule has 5 nitrogen and oxygen atoms in total. The second kappa shape index (κ2) is 6.36. The number of fused-ring (bicyclic) bond motifs is 3. The zero-order valence-electron chi connectivity index (χ0n) is 13.7. The summed E-state index contributed by atoms with van der Waals surface area (Å²) in [6, 6.07) is 3.92. The van der Waals surface area contributed by atoms with Crippen molar-refractivity contribution in [3.63, 3.8) is 0 Å². The number of aromatic nitrogens is 3. The van der Waals surface area contributed by atoms with Crippen molar-refractivity contribution in [2.45, 2.75) is 45.7 Å². The summed E-state index contributed by atoms with van der Waals surface area (Å²) in [4.78, 5) is 24.1. The molecule has 0 radical (unpaired) electrons. The van der Waals surface area contributed by atoms with Crippen LogP contribution in [0.3, 0.4) is 0 Å². The number of aryl methyl sites for hydroxylation is 2. The molecule has 0 spiro atoms. The summed E-state index contributed by atoms with van der Waals surface area (Å²) in [5.74, 6) is 0.658. The van der Waals surface area contributed by atoms with Crippen LogP contribution in [0, 0.1) is 0 Å². The average Bonchev–Trinajstić information content (AvgIpc) is 2.99. The van der Waals surface area contributed by atoms with Gasteiger partial charge < -0.3 is 5.32 Å². The lowest BCUT2D eigenvalue weighted by molar-refractivity contribution is 0.695. The molecule has 1 aliphatic carbocycles. The van der Waals surface area contributed by atoms with E-state index in [-0.39, 0.29) is 5.56 Å².